The quantitative estimate of drug-likeness (QED) is 0.701. The van der Waals surface area contributed by atoms with E-state index >= 15 is 0 Å². The standard InChI is InChI=1S/C18H26ClN3O/c19-16-7-3-2-6-15(16)14-21-12-8-18(9-13-21,17(20)23)22-10-4-1-5-11-22/h2-3,6-7H,1,4-5,8-14H2,(H2,20,23)/p+2. The van der Waals surface area contributed by atoms with Crippen LogP contribution in [0.25, 0.3) is 0 Å². The van der Waals surface area contributed by atoms with E-state index in [1.165, 1.54) is 34.6 Å². The largest absolute Gasteiger partial charge is 0.364 e. The van der Waals surface area contributed by atoms with Crippen LogP contribution in [0, 0.1) is 0 Å². The van der Waals surface area contributed by atoms with E-state index in [9.17, 15) is 4.79 Å². The summed E-state index contributed by atoms with van der Waals surface area (Å²) in [6, 6.07) is 8.05. The zero-order valence-corrected chi connectivity index (χ0v) is 14.5. The minimum absolute atomic E-state index is 0.0915. The first-order valence-electron chi connectivity index (χ1n) is 8.84. The first-order valence-corrected chi connectivity index (χ1v) is 9.22. The number of primary amides is 1. The van der Waals surface area contributed by atoms with Gasteiger partial charge >= 0.3 is 0 Å². The molecule has 1 aromatic carbocycles. The first kappa shape index (κ1) is 16.7. The predicted octanol–water partition coefficient (Wildman–Crippen LogP) is -0.188. The molecule has 0 aromatic heterocycles. The van der Waals surface area contributed by atoms with Crippen LogP contribution in [-0.2, 0) is 11.3 Å². The normalized spacial score (nSPS) is 29.3. The van der Waals surface area contributed by atoms with Gasteiger partial charge in [0.1, 0.15) is 6.54 Å². The molecular formula is C18H28ClN3O+2. The highest BCUT2D eigenvalue weighted by molar-refractivity contribution is 6.31. The van der Waals surface area contributed by atoms with E-state index in [0.29, 0.717) is 0 Å². The number of carbonyl (C=O) groups excluding carboxylic acids is 1. The molecule has 2 aliphatic heterocycles. The number of rotatable bonds is 4. The molecule has 2 saturated heterocycles. The molecule has 2 fully saturated rings. The van der Waals surface area contributed by atoms with Crippen molar-refractivity contribution in [1.29, 1.82) is 0 Å². The highest BCUT2D eigenvalue weighted by Crippen LogP contribution is 2.17. The van der Waals surface area contributed by atoms with Gasteiger partial charge in [-0.2, -0.15) is 0 Å². The zero-order chi connectivity index (χ0) is 16.3. The summed E-state index contributed by atoms with van der Waals surface area (Å²) in [7, 11) is 0. The lowest BCUT2D eigenvalue weighted by molar-refractivity contribution is -0.978. The Hall–Kier alpha value is -1.10. The summed E-state index contributed by atoms with van der Waals surface area (Å²) < 4.78 is 0. The van der Waals surface area contributed by atoms with E-state index in [1.54, 1.807) is 0 Å². The number of hydrogen-bond acceptors (Lipinski definition) is 1. The van der Waals surface area contributed by atoms with Crippen LogP contribution >= 0.6 is 11.6 Å². The van der Waals surface area contributed by atoms with E-state index < -0.39 is 0 Å². The summed E-state index contributed by atoms with van der Waals surface area (Å²) >= 11 is 6.28. The molecule has 0 radical (unpaired) electrons. The molecule has 0 atom stereocenters. The molecule has 0 bridgehead atoms. The van der Waals surface area contributed by atoms with E-state index in [2.05, 4.69) is 6.07 Å². The number of carbonyl (C=O) groups is 1. The Kier molecular flexibility index (Phi) is 5.24. The monoisotopic (exact) mass is 337 g/mol. The molecular weight excluding hydrogens is 310 g/mol. The molecule has 1 aromatic rings. The summed E-state index contributed by atoms with van der Waals surface area (Å²) in [6.07, 6.45) is 5.54. The Morgan fingerprint density at radius 1 is 1.09 bits per heavy atom. The summed E-state index contributed by atoms with van der Waals surface area (Å²) in [5, 5.41) is 0.841. The van der Waals surface area contributed by atoms with Crippen molar-refractivity contribution in [1.82, 2.24) is 0 Å². The average Bonchev–Trinajstić information content (AvgIpc) is 2.58. The van der Waals surface area contributed by atoms with Gasteiger partial charge < -0.3 is 15.5 Å². The van der Waals surface area contributed by atoms with Crippen LogP contribution in [0.1, 0.15) is 37.7 Å². The summed E-state index contributed by atoms with van der Waals surface area (Å²) in [5.74, 6) is -0.0915. The number of nitrogens with two attached hydrogens (primary N) is 1. The van der Waals surface area contributed by atoms with Crippen LogP contribution in [-0.4, -0.2) is 37.6 Å². The second kappa shape index (κ2) is 7.20. The molecule has 0 saturated carbocycles. The van der Waals surface area contributed by atoms with Gasteiger partial charge in [0.05, 0.1) is 39.0 Å². The third-order valence-corrected chi connectivity index (χ3v) is 6.18. The molecule has 126 valence electrons. The lowest BCUT2D eigenvalue weighted by atomic mass is 9.83. The molecule has 0 unspecified atom stereocenters. The maximum Gasteiger partial charge on any atom is 0.279 e. The van der Waals surface area contributed by atoms with Gasteiger partial charge in [-0.05, 0) is 25.3 Å². The lowest BCUT2D eigenvalue weighted by Gasteiger charge is -2.43. The van der Waals surface area contributed by atoms with Crippen LogP contribution in [0.3, 0.4) is 0 Å². The number of likely N-dealkylation sites (tertiary alicyclic amines) is 2. The fraction of sp³-hybridized carbons (Fsp3) is 0.611. The number of amides is 1. The molecule has 5 heteroatoms. The summed E-state index contributed by atoms with van der Waals surface area (Å²) in [6.45, 7) is 5.13. The second-order valence-corrected chi connectivity index (χ2v) is 7.54. The van der Waals surface area contributed by atoms with Gasteiger partial charge in [-0.1, -0.05) is 29.8 Å². The molecule has 2 heterocycles. The van der Waals surface area contributed by atoms with Crippen LogP contribution in [0.15, 0.2) is 24.3 Å². The number of piperidine rings is 2. The minimum atomic E-state index is -0.329. The van der Waals surface area contributed by atoms with Crippen LogP contribution < -0.4 is 15.5 Å². The topological polar surface area (TPSA) is 52.0 Å². The van der Waals surface area contributed by atoms with E-state index in [0.717, 1.165) is 50.6 Å². The van der Waals surface area contributed by atoms with Crippen molar-refractivity contribution < 1.29 is 14.6 Å². The third-order valence-electron chi connectivity index (χ3n) is 5.81. The Morgan fingerprint density at radius 2 is 1.74 bits per heavy atom. The van der Waals surface area contributed by atoms with E-state index in [1.807, 2.05) is 18.2 Å². The minimum Gasteiger partial charge on any atom is -0.364 e. The number of halogens is 1. The van der Waals surface area contributed by atoms with Gasteiger partial charge in [-0.25, -0.2) is 0 Å². The van der Waals surface area contributed by atoms with Crippen LogP contribution in [0.5, 0.6) is 0 Å². The van der Waals surface area contributed by atoms with Gasteiger partial charge in [0.15, 0.2) is 5.54 Å². The first-order chi connectivity index (χ1) is 11.1. The molecule has 23 heavy (non-hydrogen) atoms. The number of hydrogen-bond donors (Lipinski definition) is 3. The fourth-order valence-electron chi connectivity index (χ4n) is 4.35. The van der Waals surface area contributed by atoms with Gasteiger partial charge in [-0.3, -0.25) is 4.79 Å². The Labute approximate surface area is 143 Å². The van der Waals surface area contributed by atoms with E-state index in [4.69, 9.17) is 17.3 Å². The smallest absolute Gasteiger partial charge is 0.279 e. The van der Waals surface area contributed by atoms with Crippen molar-refractivity contribution in [3.63, 3.8) is 0 Å². The zero-order valence-electron chi connectivity index (χ0n) is 13.7. The van der Waals surface area contributed by atoms with Crippen LogP contribution in [0.4, 0.5) is 0 Å². The molecule has 0 aliphatic carbocycles. The molecule has 2 aliphatic rings. The maximum atomic E-state index is 12.3. The third kappa shape index (κ3) is 3.54. The van der Waals surface area contributed by atoms with Crippen molar-refractivity contribution >= 4 is 17.5 Å². The highest BCUT2D eigenvalue weighted by atomic mass is 35.5. The molecule has 1 amide bonds. The van der Waals surface area contributed by atoms with Crippen molar-refractivity contribution in [3.05, 3.63) is 34.9 Å². The SMILES string of the molecule is NC(=O)C1([NH+]2CCCCC2)CC[NH+](Cc2ccccc2Cl)CC1. The molecule has 0 spiro atoms. The second-order valence-electron chi connectivity index (χ2n) is 7.13. The van der Waals surface area contributed by atoms with E-state index in [-0.39, 0.29) is 11.4 Å². The average molecular weight is 338 g/mol. The van der Waals surface area contributed by atoms with Crippen molar-refractivity contribution in [2.75, 3.05) is 26.2 Å². The van der Waals surface area contributed by atoms with Gasteiger partial charge in [0, 0.05) is 10.6 Å². The Balaban J connectivity index is 1.65. The van der Waals surface area contributed by atoms with Crippen LogP contribution in [0.2, 0.25) is 5.02 Å². The van der Waals surface area contributed by atoms with Gasteiger partial charge in [-0.15, -0.1) is 0 Å². The maximum absolute atomic E-state index is 12.3. The summed E-state index contributed by atoms with van der Waals surface area (Å²) in [4.78, 5) is 15.2. The lowest BCUT2D eigenvalue weighted by Crippen LogP contribution is -3.25. The number of nitrogens with one attached hydrogen (secondary N) is 2. The van der Waals surface area contributed by atoms with Gasteiger partial charge in [0.2, 0.25) is 0 Å². The summed E-state index contributed by atoms with van der Waals surface area (Å²) in [5.41, 5.74) is 6.73. The predicted molar refractivity (Wildman–Crippen MR) is 91.6 cm³/mol. The number of benzene rings is 1. The molecule has 3 rings (SSSR count). The molecule has 4 nitrogen and oxygen atoms in total. The Bertz CT molecular complexity index is 549. The fourth-order valence-corrected chi connectivity index (χ4v) is 4.55. The Morgan fingerprint density at radius 3 is 2.35 bits per heavy atom. The van der Waals surface area contributed by atoms with Crippen molar-refractivity contribution in [2.45, 2.75) is 44.2 Å². The molecule has 4 N–H and O–H groups in total. The highest BCUT2D eigenvalue weighted by Gasteiger charge is 2.50. The van der Waals surface area contributed by atoms with Crippen molar-refractivity contribution in [2.24, 2.45) is 5.73 Å². The number of quaternary nitrogens is 2. The van der Waals surface area contributed by atoms with Gasteiger partial charge in [0.25, 0.3) is 5.91 Å². The van der Waals surface area contributed by atoms with Crippen molar-refractivity contribution in [3.8, 4) is 0 Å².